The average molecular weight is 253 g/mol. The molecule has 2 aliphatic rings. The second-order valence-electron chi connectivity index (χ2n) is 5.49. The van der Waals surface area contributed by atoms with Crippen LogP contribution in [0.15, 0.2) is 16.8 Å². The van der Waals surface area contributed by atoms with Crippen molar-refractivity contribution < 1.29 is 10.1 Å². The summed E-state index contributed by atoms with van der Waals surface area (Å²) >= 11 is 0. The molecule has 1 fully saturated rings. The van der Waals surface area contributed by atoms with Crippen LogP contribution in [0.4, 0.5) is 0 Å². The molecule has 0 aliphatic heterocycles. The first-order valence-electron chi connectivity index (χ1n) is 6.28. The summed E-state index contributed by atoms with van der Waals surface area (Å²) < 4.78 is 0. The first kappa shape index (κ1) is 12.9. The molecule has 0 spiro atoms. The number of fused-ring (bicyclic) bond motifs is 1. The fourth-order valence-corrected chi connectivity index (χ4v) is 3.63. The summed E-state index contributed by atoms with van der Waals surface area (Å²) in [7, 11) is 0. The predicted molar refractivity (Wildman–Crippen MR) is 66.9 cm³/mol. The standard InChI is InChI=1S/C12H19N3O3/c1-2-8-3-9-5-12(7-15(17)18,10(9)4-8)6-11(13)14-16/h4,9-10,16H,2-3,5-7H2,1H3,(H2,13,14)/t9-,10?,12-/m1/s1. The van der Waals surface area contributed by atoms with Crippen LogP contribution in [0.2, 0.25) is 0 Å². The van der Waals surface area contributed by atoms with E-state index in [2.05, 4.69) is 18.2 Å². The molecular formula is C12H19N3O3. The first-order valence-corrected chi connectivity index (χ1v) is 6.28. The van der Waals surface area contributed by atoms with Gasteiger partial charge in [-0.05, 0) is 31.1 Å². The highest BCUT2D eigenvalue weighted by Crippen LogP contribution is 2.60. The summed E-state index contributed by atoms with van der Waals surface area (Å²) in [6.45, 7) is 2.01. The topological polar surface area (TPSA) is 102 Å². The largest absolute Gasteiger partial charge is 0.409 e. The van der Waals surface area contributed by atoms with E-state index in [0.29, 0.717) is 12.3 Å². The average Bonchev–Trinajstić information content (AvgIpc) is 2.65. The van der Waals surface area contributed by atoms with Gasteiger partial charge in [0.25, 0.3) is 0 Å². The van der Waals surface area contributed by atoms with Crippen LogP contribution in [0.1, 0.15) is 32.6 Å². The van der Waals surface area contributed by atoms with Crippen molar-refractivity contribution in [2.45, 2.75) is 32.6 Å². The zero-order valence-corrected chi connectivity index (χ0v) is 10.5. The maximum Gasteiger partial charge on any atom is 0.210 e. The Morgan fingerprint density at radius 1 is 1.78 bits per heavy atom. The van der Waals surface area contributed by atoms with Gasteiger partial charge in [-0.15, -0.1) is 0 Å². The summed E-state index contributed by atoms with van der Waals surface area (Å²) in [6.07, 6.45) is 5.35. The normalized spacial score (nSPS) is 34.7. The van der Waals surface area contributed by atoms with E-state index in [1.807, 2.05) is 0 Å². The highest BCUT2D eigenvalue weighted by atomic mass is 16.6. The minimum absolute atomic E-state index is 0.0913. The van der Waals surface area contributed by atoms with E-state index in [-0.39, 0.29) is 23.2 Å². The number of nitro groups is 1. The number of nitrogens with zero attached hydrogens (tertiary/aromatic N) is 2. The van der Waals surface area contributed by atoms with Crippen molar-refractivity contribution in [3.05, 3.63) is 21.8 Å². The van der Waals surface area contributed by atoms with Crippen LogP contribution < -0.4 is 5.73 Å². The second kappa shape index (κ2) is 4.59. The Labute approximate surface area is 106 Å². The summed E-state index contributed by atoms with van der Waals surface area (Å²) in [5.41, 5.74) is 6.49. The van der Waals surface area contributed by atoms with Gasteiger partial charge in [-0.25, -0.2) is 0 Å². The quantitative estimate of drug-likeness (QED) is 0.195. The van der Waals surface area contributed by atoms with E-state index >= 15 is 0 Å². The van der Waals surface area contributed by atoms with Crippen molar-refractivity contribution in [2.24, 2.45) is 28.1 Å². The van der Waals surface area contributed by atoms with E-state index in [1.54, 1.807) is 0 Å². The maximum absolute atomic E-state index is 10.9. The van der Waals surface area contributed by atoms with Gasteiger partial charge in [0.15, 0.2) is 0 Å². The van der Waals surface area contributed by atoms with Crippen molar-refractivity contribution in [3.63, 3.8) is 0 Å². The Balaban J connectivity index is 2.18. The minimum atomic E-state index is -0.443. The molecule has 0 saturated heterocycles. The Morgan fingerprint density at radius 2 is 2.50 bits per heavy atom. The van der Waals surface area contributed by atoms with Crippen molar-refractivity contribution in [1.29, 1.82) is 0 Å². The highest BCUT2D eigenvalue weighted by molar-refractivity contribution is 5.80. The SMILES string of the molecule is CCC1=CC2[C@H](C1)C[C@@]2(C/C(N)=N/O)C[N+](=O)[O-]. The monoisotopic (exact) mass is 253 g/mol. The van der Waals surface area contributed by atoms with Crippen molar-refractivity contribution >= 4 is 5.84 Å². The lowest BCUT2D eigenvalue weighted by Crippen LogP contribution is -2.51. The molecule has 0 amide bonds. The van der Waals surface area contributed by atoms with E-state index in [4.69, 9.17) is 10.9 Å². The van der Waals surface area contributed by atoms with Gasteiger partial charge < -0.3 is 10.9 Å². The molecule has 6 nitrogen and oxygen atoms in total. The van der Waals surface area contributed by atoms with E-state index in [0.717, 1.165) is 19.3 Å². The molecule has 1 saturated carbocycles. The molecule has 6 heteroatoms. The van der Waals surface area contributed by atoms with Crippen LogP contribution >= 0.6 is 0 Å². The molecule has 0 aromatic heterocycles. The Bertz CT molecular complexity index is 419. The van der Waals surface area contributed by atoms with Crippen LogP contribution in [0, 0.1) is 27.4 Å². The van der Waals surface area contributed by atoms with Crippen molar-refractivity contribution in [3.8, 4) is 0 Å². The summed E-state index contributed by atoms with van der Waals surface area (Å²) in [4.78, 5) is 10.6. The Hall–Kier alpha value is -1.59. The lowest BCUT2D eigenvalue weighted by molar-refractivity contribution is -0.505. The molecule has 2 rings (SSSR count). The lowest BCUT2D eigenvalue weighted by Gasteiger charge is -2.49. The first-order chi connectivity index (χ1) is 8.50. The number of hydrogen-bond donors (Lipinski definition) is 2. The zero-order valence-electron chi connectivity index (χ0n) is 10.5. The molecule has 100 valence electrons. The minimum Gasteiger partial charge on any atom is -0.409 e. The van der Waals surface area contributed by atoms with Crippen LogP contribution in [0.5, 0.6) is 0 Å². The fourth-order valence-electron chi connectivity index (χ4n) is 3.63. The Morgan fingerprint density at radius 3 is 3.06 bits per heavy atom. The molecule has 0 aromatic carbocycles. The van der Waals surface area contributed by atoms with Gasteiger partial charge >= 0.3 is 0 Å². The van der Waals surface area contributed by atoms with Crippen LogP contribution in [0.3, 0.4) is 0 Å². The molecule has 3 N–H and O–H groups in total. The molecule has 0 heterocycles. The van der Waals surface area contributed by atoms with Crippen LogP contribution in [0.25, 0.3) is 0 Å². The maximum atomic E-state index is 10.9. The Kier molecular flexibility index (Phi) is 3.28. The molecule has 18 heavy (non-hydrogen) atoms. The second-order valence-corrected chi connectivity index (χ2v) is 5.49. The van der Waals surface area contributed by atoms with Gasteiger partial charge in [0.2, 0.25) is 6.54 Å². The molecule has 3 atom stereocenters. The van der Waals surface area contributed by atoms with Crippen LogP contribution in [-0.4, -0.2) is 22.5 Å². The molecule has 0 bridgehead atoms. The summed E-state index contributed by atoms with van der Waals surface area (Å²) in [6, 6.07) is 0. The molecule has 0 aromatic rings. The third kappa shape index (κ3) is 2.07. The number of allylic oxidation sites excluding steroid dienone is 2. The van der Waals surface area contributed by atoms with Gasteiger partial charge in [0, 0.05) is 16.8 Å². The number of amidine groups is 1. The predicted octanol–water partition coefficient (Wildman–Crippen LogP) is 1.76. The van der Waals surface area contributed by atoms with Crippen molar-refractivity contribution in [1.82, 2.24) is 0 Å². The number of oxime groups is 1. The lowest BCUT2D eigenvalue weighted by atomic mass is 9.53. The van der Waals surface area contributed by atoms with E-state index in [1.165, 1.54) is 5.57 Å². The molecule has 2 aliphatic carbocycles. The number of hydrogen-bond acceptors (Lipinski definition) is 4. The third-order valence-corrected chi connectivity index (χ3v) is 4.38. The summed E-state index contributed by atoms with van der Waals surface area (Å²) in [5, 5.41) is 22.5. The number of nitrogens with two attached hydrogens (primary N) is 1. The number of rotatable bonds is 5. The third-order valence-electron chi connectivity index (χ3n) is 4.38. The van der Waals surface area contributed by atoms with E-state index < -0.39 is 5.41 Å². The van der Waals surface area contributed by atoms with Crippen molar-refractivity contribution in [2.75, 3.05) is 6.54 Å². The molecule has 0 radical (unpaired) electrons. The zero-order chi connectivity index (χ0) is 13.3. The molecular weight excluding hydrogens is 234 g/mol. The van der Waals surface area contributed by atoms with Gasteiger partial charge in [-0.3, -0.25) is 10.1 Å². The smallest absolute Gasteiger partial charge is 0.210 e. The fraction of sp³-hybridized carbons (Fsp3) is 0.750. The van der Waals surface area contributed by atoms with E-state index in [9.17, 15) is 10.1 Å². The highest BCUT2D eigenvalue weighted by Gasteiger charge is 2.57. The van der Waals surface area contributed by atoms with Gasteiger partial charge in [0.1, 0.15) is 5.84 Å². The van der Waals surface area contributed by atoms with Gasteiger partial charge in [-0.1, -0.05) is 23.7 Å². The van der Waals surface area contributed by atoms with Gasteiger partial charge in [0.05, 0.1) is 0 Å². The summed E-state index contributed by atoms with van der Waals surface area (Å²) in [5.74, 6) is 0.832. The van der Waals surface area contributed by atoms with Gasteiger partial charge in [-0.2, -0.15) is 0 Å². The molecule has 1 unspecified atom stereocenters. The van der Waals surface area contributed by atoms with Crippen LogP contribution in [-0.2, 0) is 0 Å².